The van der Waals surface area contributed by atoms with Crippen LogP contribution < -0.4 is 0 Å². The van der Waals surface area contributed by atoms with Crippen LogP contribution in [0.15, 0.2) is 24.5 Å². The van der Waals surface area contributed by atoms with E-state index in [2.05, 4.69) is 46.7 Å². The lowest BCUT2D eigenvalue weighted by atomic mass is 10.0. The molecule has 0 aliphatic carbocycles. The molecule has 0 amide bonds. The zero-order valence-corrected chi connectivity index (χ0v) is 19.0. The van der Waals surface area contributed by atoms with E-state index < -0.39 is 23.5 Å². The molecule has 1 aromatic carbocycles. The highest BCUT2D eigenvalue weighted by Crippen LogP contribution is 2.38. The van der Waals surface area contributed by atoms with Gasteiger partial charge in [0.05, 0.1) is 17.2 Å². The van der Waals surface area contributed by atoms with Crippen molar-refractivity contribution in [3.8, 4) is 11.4 Å². The Balaban J connectivity index is 0.000000656. The van der Waals surface area contributed by atoms with Crippen molar-refractivity contribution >= 4 is 38.3 Å². The number of carbonyl (C=O) groups excluding carboxylic acids is 1. The summed E-state index contributed by atoms with van der Waals surface area (Å²) in [5, 5.41) is 3.94. The molecular weight excluding hydrogens is 552 g/mol. The van der Waals surface area contributed by atoms with E-state index in [1.165, 1.54) is 11.0 Å². The lowest BCUT2D eigenvalue weighted by Gasteiger charge is -2.13. The average molecular weight is 569 g/mol. The third kappa shape index (κ3) is 7.89. The van der Waals surface area contributed by atoms with Gasteiger partial charge in [0.15, 0.2) is 5.82 Å². The molecule has 1 aromatic heterocycles. The molecule has 0 aliphatic heterocycles. The predicted octanol–water partition coefficient (Wildman–Crippen LogP) is 6.23. The Hall–Kier alpha value is -1.63. The summed E-state index contributed by atoms with van der Waals surface area (Å²) in [5.41, 5.74) is -3.18. The maximum atomic E-state index is 12.9. The molecule has 2 aromatic rings. The zero-order chi connectivity index (χ0) is 23.3. The third-order valence-corrected chi connectivity index (χ3v) is 5.74. The molecule has 2 atom stereocenters. The van der Waals surface area contributed by atoms with Crippen molar-refractivity contribution in [2.75, 3.05) is 0 Å². The first kappa shape index (κ1) is 26.4. The van der Waals surface area contributed by atoms with Crippen LogP contribution in [0, 0.1) is 0 Å². The average Bonchev–Trinajstić information content (AvgIpc) is 3.09. The van der Waals surface area contributed by atoms with Gasteiger partial charge in [-0.05, 0) is 39.0 Å². The molecule has 0 bridgehead atoms. The number of halogens is 8. The van der Waals surface area contributed by atoms with Crippen molar-refractivity contribution in [1.29, 1.82) is 0 Å². The lowest BCUT2D eigenvalue weighted by molar-refractivity contribution is -0.143. The Morgan fingerprint density at radius 2 is 1.50 bits per heavy atom. The third-order valence-electron chi connectivity index (χ3n) is 3.31. The largest absolute Gasteiger partial charge is 0.465 e. The summed E-state index contributed by atoms with van der Waals surface area (Å²) in [6.07, 6.45) is -8.58. The van der Waals surface area contributed by atoms with Gasteiger partial charge in [0, 0.05) is 10.4 Å². The monoisotopic (exact) mass is 567 g/mol. The highest BCUT2D eigenvalue weighted by molar-refractivity contribution is 9.12. The fraction of sp³-hybridized carbons (Fsp3) is 0.471. The Bertz CT molecular complexity index is 805. The van der Waals surface area contributed by atoms with Crippen molar-refractivity contribution in [3.63, 3.8) is 0 Å². The predicted molar refractivity (Wildman–Crippen MR) is 104 cm³/mol. The molecule has 0 saturated carbocycles. The molecule has 5 nitrogen and oxygen atoms in total. The summed E-state index contributed by atoms with van der Waals surface area (Å²) in [5.74, 6) is -0.232. The second kappa shape index (κ2) is 10.6. The van der Waals surface area contributed by atoms with Crippen LogP contribution in [-0.2, 0) is 21.9 Å². The van der Waals surface area contributed by atoms with Crippen LogP contribution in [0.1, 0.15) is 36.8 Å². The van der Waals surface area contributed by atoms with E-state index >= 15 is 0 Å². The summed E-state index contributed by atoms with van der Waals surface area (Å²) in [6, 6.07) is 1.25. The number of nitrogens with zero attached hydrogens (tertiary/aromatic N) is 3. The van der Waals surface area contributed by atoms with E-state index in [-0.39, 0.29) is 33.3 Å². The van der Waals surface area contributed by atoms with Gasteiger partial charge in [0.1, 0.15) is 11.3 Å². The smallest absolute Gasteiger partial charge is 0.416 e. The Labute approximate surface area is 185 Å². The molecule has 0 N–H and O–H groups in total. The fourth-order valence-electron chi connectivity index (χ4n) is 1.93. The fourth-order valence-corrected chi connectivity index (χ4v) is 2.37. The van der Waals surface area contributed by atoms with E-state index in [0.29, 0.717) is 18.6 Å². The second-order valence-electron chi connectivity index (χ2n) is 6.17. The number of aromatic nitrogens is 3. The molecule has 2 unspecified atom stereocenters. The van der Waals surface area contributed by atoms with Crippen LogP contribution in [0.5, 0.6) is 0 Å². The number of rotatable bonds is 5. The normalized spacial score (nSPS) is 14.0. The molecule has 0 spiro atoms. The van der Waals surface area contributed by atoms with Gasteiger partial charge in [-0.2, -0.15) is 26.3 Å². The number of hydrogen-bond acceptors (Lipinski definition) is 4. The minimum Gasteiger partial charge on any atom is -0.465 e. The van der Waals surface area contributed by atoms with Crippen LogP contribution >= 0.6 is 31.9 Å². The molecular formula is C17H17Br2F6N3O2. The van der Waals surface area contributed by atoms with E-state index in [9.17, 15) is 31.1 Å². The number of ether oxygens (including phenoxy) is 1. The second-order valence-corrected chi connectivity index (χ2v) is 8.56. The minimum absolute atomic E-state index is 0.0301. The number of carbonyl (C=O) groups is 1. The molecule has 0 aliphatic rings. The van der Waals surface area contributed by atoms with Crippen molar-refractivity contribution in [3.05, 3.63) is 35.7 Å². The van der Waals surface area contributed by atoms with Gasteiger partial charge >= 0.3 is 12.4 Å². The topological polar surface area (TPSA) is 57.0 Å². The Kier molecular flexibility index (Phi) is 9.33. The summed E-state index contributed by atoms with van der Waals surface area (Å²) in [7, 11) is 0. The van der Waals surface area contributed by atoms with Gasteiger partial charge in [-0.25, -0.2) is 9.67 Å². The maximum Gasteiger partial charge on any atom is 0.416 e. The molecule has 168 valence electrons. The molecule has 1 heterocycles. The molecule has 0 saturated heterocycles. The highest BCUT2D eigenvalue weighted by atomic mass is 79.9. The van der Waals surface area contributed by atoms with E-state index in [1.54, 1.807) is 20.8 Å². The van der Waals surface area contributed by atoms with Gasteiger partial charge in [-0.1, -0.05) is 31.9 Å². The van der Waals surface area contributed by atoms with E-state index in [4.69, 9.17) is 0 Å². The highest BCUT2D eigenvalue weighted by Gasteiger charge is 2.37. The van der Waals surface area contributed by atoms with Crippen LogP contribution in [0.3, 0.4) is 0 Å². The zero-order valence-electron chi connectivity index (χ0n) is 15.8. The summed E-state index contributed by atoms with van der Waals surface area (Å²) >= 11 is 6.57. The Morgan fingerprint density at radius 1 is 1.00 bits per heavy atom. The quantitative estimate of drug-likeness (QED) is 0.244. The number of alkyl halides is 8. The first-order chi connectivity index (χ1) is 13.7. The first-order valence-electron chi connectivity index (χ1n) is 8.25. The van der Waals surface area contributed by atoms with Crippen molar-refractivity contribution in [2.24, 2.45) is 0 Å². The van der Waals surface area contributed by atoms with Crippen molar-refractivity contribution in [2.45, 2.75) is 49.0 Å². The number of hydrogen-bond donors (Lipinski definition) is 0. The molecule has 13 heteroatoms. The summed E-state index contributed by atoms with van der Waals surface area (Å²) in [4.78, 5) is 12.7. The van der Waals surface area contributed by atoms with Crippen LogP contribution in [0.25, 0.3) is 11.4 Å². The van der Waals surface area contributed by atoms with Crippen LogP contribution in [-0.4, -0.2) is 32.2 Å². The van der Waals surface area contributed by atoms with E-state index in [0.717, 1.165) is 0 Å². The SMILES string of the molecule is CC(Br)C(Br)n1cnc(-c2cc(C(F)(F)F)cc(C(F)(F)F)c2)n1.CC(C)OC=O. The van der Waals surface area contributed by atoms with Gasteiger partial charge in [-0.15, -0.1) is 5.10 Å². The van der Waals surface area contributed by atoms with Gasteiger partial charge in [-0.3, -0.25) is 4.79 Å². The van der Waals surface area contributed by atoms with Gasteiger partial charge in [0.25, 0.3) is 6.47 Å². The van der Waals surface area contributed by atoms with Crippen LogP contribution in [0.4, 0.5) is 26.3 Å². The van der Waals surface area contributed by atoms with Crippen LogP contribution in [0.2, 0.25) is 0 Å². The van der Waals surface area contributed by atoms with Gasteiger partial charge in [0.2, 0.25) is 0 Å². The van der Waals surface area contributed by atoms with Crippen molar-refractivity contribution in [1.82, 2.24) is 14.8 Å². The Morgan fingerprint density at radius 3 is 1.83 bits per heavy atom. The lowest BCUT2D eigenvalue weighted by Crippen LogP contribution is -2.12. The summed E-state index contributed by atoms with van der Waals surface area (Å²) < 4.78 is 82.8. The maximum absolute atomic E-state index is 12.9. The van der Waals surface area contributed by atoms with E-state index in [1.807, 2.05) is 0 Å². The summed E-state index contributed by atoms with van der Waals surface area (Å²) in [6.45, 7) is 5.83. The molecule has 30 heavy (non-hydrogen) atoms. The standard InChI is InChI=1S/C13H9Br2F6N3.C4H8O2/c1-6(14)10(15)24-5-22-11(23-24)7-2-8(12(16,17)18)4-9(3-7)13(19,20)21;1-4(2)6-3-5/h2-6,10H,1H3;3-4H,1-2H3. The van der Waals surface area contributed by atoms with Crippen molar-refractivity contribution < 1.29 is 35.9 Å². The number of benzene rings is 1. The molecule has 0 radical (unpaired) electrons. The first-order valence-corrected chi connectivity index (χ1v) is 10.1. The van der Waals surface area contributed by atoms with Gasteiger partial charge < -0.3 is 4.74 Å². The minimum atomic E-state index is -4.92. The molecule has 0 fully saturated rings. The molecule has 2 rings (SSSR count).